The fourth-order valence-electron chi connectivity index (χ4n) is 3.21. The van der Waals surface area contributed by atoms with Crippen LogP contribution >= 0.6 is 0 Å². The second kappa shape index (κ2) is 5.77. The Morgan fingerprint density at radius 3 is 2.47 bits per heavy atom. The summed E-state index contributed by atoms with van der Waals surface area (Å²) >= 11 is 0. The summed E-state index contributed by atoms with van der Waals surface area (Å²) in [6.07, 6.45) is 6.43. The molecule has 3 N–H and O–H groups in total. The van der Waals surface area contributed by atoms with E-state index < -0.39 is 0 Å². The predicted octanol–water partition coefficient (Wildman–Crippen LogP) is 0.236. The van der Waals surface area contributed by atoms with E-state index >= 15 is 0 Å². The fourth-order valence-corrected chi connectivity index (χ4v) is 3.21. The van der Waals surface area contributed by atoms with Gasteiger partial charge in [-0.1, -0.05) is 0 Å². The summed E-state index contributed by atoms with van der Waals surface area (Å²) in [6, 6.07) is 1.18. The molecule has 0 spiro atoms. The molecule has 2 heterocycles. The molecule has 2 aliphatic heterocycles. The highest BCUT2D eigenvalue weighted by Gasteiger charge is 2.34. The van der Waals surface area contributed by atoms with Crippen molar-refractivity contribution in [3.63, 3.8) is 0 Å². The lowest BCUT2D eigenvalue weighted by Gasteiger charge is -2.32. The Bertz CT molecular complexity index is 325. The summed E-state index contributed by atoms with van der Waals surface area (Å²) in [5, 5.41) is 3.15. The Balaban J connectivity index is 1.40. The molecule has 0 radical (unpaired) electrons. The van der Waals surface area contributed by atoms with E-state index in [2.05, 4.69) is 10.2 Å². The number of carbonyl (C=O) groups is 1. The molecule has 3 fully saturated rings. The van der Waals surface area contributed by atoms with Gasteiger partial charge in [-0.25, -0.2) is 0 Å². The number of ether oxygens (including phenoxy) is 1. The zero-order chi connectivity index (χ0) is 13.2. The number of nitrogens with two attached hydrogens (primary N) is 1. The van der Waals surface area contributed by atoms with Crippen LogP contribution in [0.4, 0.5) is 0 Å². The van der Waals surface area contributed by atoms with Gasteiger partial charge < -0.3 is 20.7 Å². The van der Waals surface area contributed by atoms with Gasteiger partial charge in [0.1, 0.15) is 6.10 Å². The number of hydrogen-bond donors (Lipinski definition) is 2. The molecule has 5 nitrogen and oxygen atoms in total. The zero-order valence-electron chi connectivity index (χ0n) is 11.5. The van der Waals surface area contributed by atoms with E-state index in [0.717, 1.165) is 44.8 Å². The summed E-state index contributed by atoms with van der Waals surface area (Å²) in [7, 11) is 0. The fraction of sp³-hybridized carbons (Fsp3) is 0.929. The van der Waals surface area contributed by atoms with Gasteiger partial charge in [0.05, 0.1) is 6.10 Å². The number of amides is 1. The molecule has 0 aromatic heterocycles. The molecule has 19 heavy (non-hydrogen) atoms. The topological polar surface area (TPSA) is 67.6 Å². The van der Waals surface area contributed by atoms with Crippen LogP contribution in [0, 0.1) is 0 Å². The zero-order valence-corrected chi connectivity index (χ0v) is 11.5. The van der Waals surface area contributed by atoms with E-state index in [1.165, 1.54) is 12.8 Å². The van der Waals surface area contributed by atoms with Crippen LogP contribution in [0.5, 0.6) is 0 Å². The molecule has 0 aromatic rings. The van der Waals surface area contributed by atoms with Gasteiger partial charge in [0.2, 0.25) is 5.91 Å². The average molecular weight is 267 g/mol. The molecule has 5 heteroatoms. The number of likely N-dealkylation sites (tertiary alicyclic amines) is 1. The van der Waals surface area contributed by atoms with E-state index in [1.54, 1.807) is 0 Å². The minimum atomic E-state index is -0.269. The summed E-state index contributed by atoms with van der Waals surface area (Å²) in [4.78, 5) is 14.7. The first-order valence-electron chi connectivity index (χ1n) is 7.66. The Kier molecular flexibility index (Phi) is 4.05. The molecule has 1 amide bonds. The van der Waals surface area contributed by atoms with Gasteiger partial charge >= 0.3 is 0 Å². The second-order valence-electron chi connectivity index (χ2n) is 6.11. The van der Waals surface area contributed by atoms with Crippen LogP contribution in [-0.4, -0.2) is 54.7 Å². The minimum absolute atomic E-state index is 0.0702. The number of rotatable bonds is 4. The molecule has 1 aliphatic carbocycles. The second-order valence-corrected chi connectivity index (χ2v) is 6.11. The number of piperidine rings is 1. The summed E-state index contributed by atoms with van der Waals surface area (Å²) in [5.41, 5.74) is 5.57. The normalized spacial score (nSPS) is 33.5. The molecule has 2 atom stereocenters. The smallest absolute Gasteiger partial charge is 0.249 e. The maximum Gasteiger partial charge on any atom is 0.249 e. The molecule has 3 aliphatic rings. The predicted molar refractivity (Wildman–Crippen MR) is 72.7 cm³/mol. The van der Waals surface area contributed by atoms with Gasteiger partial charge in [0.25, 0.3) is 0 Å². The van der Waals surface area contributed by atoms with Crippen LogP contribution < -0.4 is 11.1 Å². The van der Waals surface area contributed by atoms with Crippen molar-refractivity contribution in [2.45, 2.75) is 62.8 Å². The molecule has 0 unspecified atom stereocenters. The monoisotopic (exact) mass is 267 g/mol. The van der Waals surface area contributed by atoms with Crippen LogP contribution in [0.1, 0.15) is 38.5 Å². The van der Waals surface area contributed by atoms with Crippen molar-refractivity contribution in [3.05, 3.63) is 0 Å². The maximum atomic E-state index is 12.1. The molecule has 0 bridgehead atoms. The van der Waals surface area contributed by atoms with Crippen molar-refractivity contribution in [2.24, 2.45) is 5.73 Å². The van der Waals surface area contributed by atoms with Gasteiger partial charge in [-0.2, -0.15) is 0 Å². The van der Waals surface area contributed by atoms with Gasteiger partial charge in [-0.05, 0) is 38.5 Å². The molecular weight excluding hydrogens is 242 g/mol. The molecule has 1 saturated carbocycles. The Hall–Kier alpha value is -0.650. The van der Waals surface area contributed by atoms with Crippen LogP contribution in [0.25, 0.3) is 0 Å². The van der Waals surface area contributed by atoms with E-state index in [1.807, 2.05) is 0 Å². The third kappa shape index (κ3) is 3.27. The molecule has 0 aromatic carbocycles. The highest BCUT2D eigenvalue weighted by molar-refractivity contribution is 5.81. The van der Waals surface area contributed by atoms with Gasteiger partial charge in [0, 0.05) is 31.7 Å². The van der Waals surface area contributed by atoms with Crippen LogP contribution in [0.3, 0.4) is 0 Å². The number of carbonyl (C=O) groups excluding carboxylic acids is 1. The summed E-state index contributed by atoms with van der Waals surface area (Å²) < 4.78 is 5.64. The lowest BCUT2D eigenvalue weighted by molar-refractivity contribution is -0.132. The van der Waals surface area contributed by atoms with E-state index in [-0.39, 0.29) is 18.1 Å². The highest BCUT2D eigenvalue weighted by atomic mass is 16.5. The van der Waals surface area contributed by atoms with E-state index in [9.17, 15) is 4.79 Å². The van der Waals surface area contributed by atoms with Crippen molar-refractivity contribution in [1.82, 2.24) is 10.2 Å². The third-order valence-electron chi connectivity index (χ3n) is 4.60. The third-order valence-corrected chi connectivity index (χ3v) is 4.60. The first-order chi connectivity index (χ1) is 9.26. The average Bonchev–Trinajstić information content (AvgIpc) is 3.17. The molecule has 3 rings (SSSR count). The van der Waals surface area contributed by atoms with Crippen molar-refractivity contribution >= 4 is 5.91 Å². The van der Waals surface area contributed by atoms with E-state index in [4.69, 9.17) is 10.5 Å². The van der Waals surface area contributed by atoms with Gasteiger partial charge in [-0.15, -0.1) is 0 Å². The number of nitrogens with zero attached hydrogens (tertiary/aromatic N) is 1. The first kappa shape index (κ1) is 13.3. The quantitative estimate of drug-likeness (QED) is 0.765. The van der Waals surface area contributed by atoms with Crippen molar-refractivity contribution < 1.29 is 9.53 Å². The highest BCUT2D eigenvalue weighted by Crippen LogP contribution is 2.29. The Labute approximate surface area is 114 Å². The van der Waals surface area contributed by atoms with Crippen molar-refractivity contribution in [3.8, 4) is 0 Å². The van der Waals surface area contributed by atoms with Gasteiger partial charge in [-0.3, -0.25) is 4.79 Å². The molecular formula is C14H25N3O2. The lowest BCUT2D eigenvalue weighted by atomic mass is 10.0. The summed E-state index contributed by atoms with van der Waals surface area (Å²) in [6.45, 7) is 2.78. The molecule has 108 valence electrons. The van der Waals surface area contributed by atoms with Gasteiger partial charge in [0.15, 0.2) is 0 Å². The van der Waals surface area contributed by atoms with Crippen molar-refractivity contribution in [1.29, 1.82) is 0 Å². The van der Waals surface area contributed by atoms with Crippen LogP contribution in [0.15, 0.2) is 0 Å². The Morgan fingerprint density at radius 1 is 1.16 bits per heavy atom. The van der Waals surface area contributed by atoms with E-state index in [0.29, 0.717) is 12.6 Å². The van der Waals surface area contributed by atoms with Crippen molar-refractivity contribution in [2.75, 3.05) is 19.6 Å². The minimum Gasteiger partial charge on any atom is -0.364 e. The molecule has 2 saturated heterocycles. The SMILES string of the molecule is NC[C@H]1CC[C@@H](C(=O)NC2CCN(C3CC3)CC2)O1. The van der Waals surface area contributed by atoms with Crippen LogP contribution in [-0.2, 0) is 9.53 Å². The van der Waals surface area contributed by atoms with Crippen LogP contribution in [0.2, 0.25) is 0 Å². The maximum absolute atomic E-state index is 12.1. The largest absolute Gasteiger partial charge is 0.364 e. The lowest BCUT2D eigenvalue weighted by Crippen LogP contribution is -2.48. The summed E-state index contributed by atoms with van der Waals surface area (Å²) in [5.74, 6) is 0.0702. The number of nitrogens with one attached hydrogen (secondary N) is 1. The Morgan fingerprint density at radius 2 is 1.89 bits per heavy atom. The number of hydrogen-bond acceptors (Lipinski definition) is 4. The first-order valence-corrected chi connectivity index (χ1v) is 7.66. The standard InChI is InChI=1S/C14H25N3O2/c15-9-12-3-4-13(19-12)14(18)16-10-5-7-17(8-6-10)11-1-2-11/h10-13H,1-9,15H2,(H,16,18)/t12-,13+/m1/s1.